The van der Waals surface area contributed by atoms with E-state index in [1.165, 1.54) is 5.56 Å². The van der Waals surface area contributed by atoms with Gasteiger partial charge in [-0.3, -0.25) is 9.69 Å². The van der Waals surface area contributed by atoms with Crippen molar-refractivity contribution in [3.05, 3.63) is 83.9 Å². The average molecular weight is 482 g/mol. The van der Waals surface area contributed by atoms with Crippen LogP contribution in [0.5, 0.6) is 11.5 Å². The summed E-state index contributed by atoms with van der Waals surface area (Å²) in [6.45, 7) is 3.45. The Morgan fingerprint density at radius 1 is 0.939 bits per heavy atom. The quantitative estimate of drug-likeness (QED) is 0.297. The van der Waals surface area contributed by atoms with Gasteiger partial charge >= 0.3 is 0 Å². The lowest BCUT2D eigenvalue weighted by Crippen LogP contribution is -2.36. The van der Waals surface area contributed by atoms with E-state index in [1.807, 2.05) is 74.8 Å². The molecule has 7 heteroatoms. The van der Waals surface area contributed by atoms with Gasteiger partial charge < -0.3 is 9.64 Å². The lowest BCUT2D eigenvalue weighted by molar-refractivity contribution is 0.0985. The Balaban J connectivity index is 0.00000306. The van der Waals surface area contributed by atoms with Crippen LogP contribution in [0.15, 0.2) is 72.8 Å². The normalized spacial score (nSPS) is 10.8. The van der Waals surface area contributed by atoms with Crippen molar-refractivity contribution in [1.29, 1.82) is 0 Å². The first kappa shape index (κ1) is 24.7. The number of aryl methyl sites for hydroxylation is 1. The highest BCUT2D eigenvalue weighted by Gasteiger charge is 2.21. The number of hydrogen-bond acceptors (Lipinski definition) is 5. The van der Waals surface area contributed by atoms with Crippen LogP contribution < -0.4 is 9.64 Å². The van der Waals surface area contributed by atoms with E-state index in [4.69, 9.17) is 9.72 Å². The van der Waals surface area contributed by atoms with Gasteiger partial charge in [-0.25, -0.2) is 4.98 Å². The highest BCUT2D eigenvalue weighted by molar-refractivity contribution is 7.22. The van der Waals surface area contributed by atoms with Crippen molar-refractivity contribution in [1.82, 2.24) is 9.88 Å². The SMILES string of the molecule is CCc1ccc2nc(N(CCN(C)C)C(=O)c3ccc(Oc4ccccc4)cc3)sc2c1.Cl. The summed E-state index contributed by atoms with van der Waals surface area (Å²) in [5.41, 5.74) is 2.81. The predicted molar refractivity (Wildman–Crippen MR) is 139 cm³/mol. The smallest absolute Gasteiger partial charge is 0.260 e. The maximum Gasteiger partial charge on any atom is 0.260 e. The number of carbonyl (C=O) groups is 1. The molecule has 4 rings (SSSR count). The zero-order valence-electron chi connectivity index (χ0n) is 19.0. The molecule has 0 saturated heterocycles. The molecule has 3 aromatic carbocycles. The van der Waals surface area contributed by atoms with E-state index in [-0.39, 0.29) is 18.3 Å². The molecule has 1 heterocycles. The number of benzene rings is 3. The number of rotatable bonds is 8. The second-order valence-electron chi connectivity index (χ2n) is 7.85. The molecule has 4 aromatic rings. The van der Waals surface area contributed by atoms with Crippen molar-refractivity contribution in [3.63, 3.8) is 0 Å². The molecule has 5 nitrogen and oxygen atoms in total. The summed E-state index contributed by atoms with van der Waals surface area (Å²) in [5, 5.41) is 0.727. The number of carbonyl (C=O) groups excluding carboxylic acids is 1. The second kappa shape index (κ2) is 11.3. The Hall–Kier alpha value is -2.93. The molecule has 0 aliphatic carbocycles. The number of fused-ring (bicyclic) bond motifs is 1. The van der Waals surface area contributed by atoms with Gasteiger partial charge in [-0.05, 0) is 74.6 Å². The molecule has 1 aromatic heterocycles. The molecule has 172 valence electrons. The van der Waals surface area contributed by atoms with Crippen molar-refractivity contribution in [2.45, 2.75) is 13.3 Å². The lowest BCUT2D eigenvalue weighted by atomic mass is 10.2. The van der Waals surface area contributed by atoms with Gasteiger partial charge in [-0.2, -0.15) is 0 Å². The van der Waals surface area contributed by atoms with Crippen LogP contribution >= 0.6 is 23.7 Å². The molecule has 0 spiro atoms. The minimum atomic E-state index is -0.0621. The molecular weight excluding hydrogens is 454 g/mol. The summed E-state index contributed by atoms with van der Waals surface area (Å²) in [7, 11) is 4.01. The van der Waals surface area contributed by atoms with E-state index >= 15 is 0 Å². The fraction of sp³-hybridized carbons (Fsp3) is 0.231. The summed E-state index contributed by atoms with van der Waals surface area (Å²) >= 11 is 1.57. The molecule has 0 atom stereocenters. The van der Waals surface area contributed by atoms with Gasteiger partial charge in [0.2, 0.25) is 0 Å². The Morgan fingerprint density at radius 3 is 2.30 bits per heavy atom. The Morgan fingerprint density at radius 2 is 1.64 bits per heavy atom. The number of para-hydroxylation sites is 1. The first-order valence-electron chi connectivity index (χ1n) is 10.7. The lowest BCUT2D eigenvalue weighted by Gasteiger charge is -2.22. The molecule has 33 heavy (non-hydrogen) atoms. The average Bonchev–Trinajstić information content (AvgIpc) is 3.23. The fourth-order valence-corrected chi connectivity index (χ4v) is 4.38. The number of anilines is 1. The largest absolute Gasteiger partial charge is 0.457 e. The molecule has 0 aliphatic rings. The third-order valence-corrected chi connectivity index (χ3v) is 6.22. The predicted octanol–water partition coefficient (Wildman–Crippen LogP) is 6.28. The molecule has 1 amide bonds. The number of aromatic nitrogens is 1. The summed E-state index contributed by atoms with van der Waals surface area (Å²) in [4.78, 5) is 22.1. The van der Waals surface area contributed by atoms with Crippen molar-refractivity contribution >= 4 is 45.0 Å². The topological polar surface area (TPSA) is 45.7 Å². The number of halogens is 1. The highest BCUT2D eigenvalue weighted by Crippen LogP contribution is 2.31. The van der Waals surface area contributed by atoms with Gasteiger partial charge in [0.25, 0.3) is 5.91 Å². The van der Waals surface area contributed by atoms with Gasteiger partial charge in [0.1, 0.15) is 11.5 Å². The molecule has 0 unspecified atom stereocenters. The number of likely N-dealkylation sites (N-methyl/N-ethyl adjacent to an activating group) is 1. The van der Waals surface area contributed by atoms with E-state index in [9.17, 15) is 4.79 Å². The summed E-state index contributed by atoms with van der Waals surface area (Å²) < 4.78 is 6.96. The maximum atomic E-state index is 13.5. The van der Waals surface area contributed by atoms with Crippen molar-refractivity contribution in [2.75, 3.05) is 32.1 Å². The van der Waals surface area contributed by atoms with Crippen LogP contribution in [0, 0.1) is 0 Å². The first-order valence-corrected chi connectivity index (χ1v) is 11.5. The van der Waals surface area contributed by atoms with Crippen molar-refractivity contribution in [2.24, 2.45) is 0 Å². The molecular formula is C26H28ClN3O2S. The van der Waals surface area contributed by atoms with E-state index in [2.05, 4.69) is 24.0 Å². The zero-order valence-corrected chi connectivity index (χ0v) is 20.7. The van der Waals surface area contributed by atoms with Crippen LogP contribution in [0.1, 0.15) is 22.8 Å². The Labute approximate surface area is 205 Å². The van der Waals surface area contributed by atoms with Crippen molar-refractivity contribution in [3.8, 4) is 11.5 Å². The van der Waals surface area contributed by atoms with Gasteiger partial charge in [-0.15, -0.1) is 12.4 Å². The summed E-state index contributed by atoms with van der Waals surface area (Å²) in [5.74, 6) is 1.40. The molecule has 0 aliphatic heterocycles. The highest BCUT2D eigenvalue weighted by atomic mass is 35.5. The third-order valence-electron chi connectivity index (χ3n) is 5.18. The van der Waals surface area contributed by atoms with E-state index < -0.39 is 0 Å². The van der Waals surface area contributed by atoms with Crippen LogP contribution in [-0.4, -0.2) is 43.0 Å². The molecule has 0 N–H and O–H groups in total. The van der Waals surface area contributed by atoms with Gasteiger partial charge in [0.05, 0.1) is 10.2 Å². The third kappa shape index (κ3) is 6.11. The van der Waals surface area contributed by atoms with Gasteiger partial charge in [0, 0.05) is 18.7 Å². The standard InChI is InChI=1S/C26H27N3O2S.ClH/c1-4-19-10-15-23-24(18-19)32-26(27-23)29(17-16-28(2)3)25(30)20-11-13-22(14-12-20)31-21-8-6-5-7-9-21;/h5-15,18H,4,16-17H2,1-3H3;1H. The Kier molecular flexibility index (Phi) is 8.44. The van der Waals surface area contributed by atoms with Crippen LogP contribution in [-0.2, 0) is 6.42 Å². The number of thiazole rings is 1. The zero-order chi connectivity index (χ0) is 22.5. The molecule has 0 bridgehead atoms. The first-order chi connectivity index (χ1) is 15.5. The van der Waals surface area contributed by atoms with Crippen molar-refractivity contribution < 1.29 is 9.53 Å². The molecule has 0 fully saturated rings. The van der Waals surface area contributed by atoms with Crippen LogP contribution in [0.25, 0.3) is 10.2 Å². The number of amides is 1. The van der Waals surface area contributed by atoms with Gasteiger partial charge in [-0.1, -0.05) is 42.5 Å². The summed E-state index contributed by atoms with van der Waals surface area (Å²) in [6, 6.07) is 23.2. The monoisotopic (exact) mass is 481 g/mol. The van der Waals surface area contributed by atoms with Gasteiger partial charge in [0.15, 0.2) is 5.13 Å². The van der Waals surface area contributed by atoms with E-state index in [1.54, 1.807) is 16.2 Å². The van der Waals surface area contributed by atoms with E-state index in [0.717, 1.165) is 34.1 Å². The van der Waals surface area contributed by atoms with E-state index in [0.29, 0.717) is 17.9 Å². The number of nitrogens with zero attached hydrogens (tertiary/aromatic N) is 3. The summed E-state index contributed by atoms with van der Waals surface area (Å²) in [6.07, 6.45) is 0.976. The fourth-order valence-electron chi connectivity index (χ4n) is 3.32. The van der Waals surface area contributed by atoms with Crippen LogP contribution in [0.2, 0.25) is 0 Å². The molecule has 0 radical (unpaired) electrons. The minimum absolute atomic E-state index is 0. The Bertz CT molecular complexity index is 1190. The maximum absolute atomic E-state index is 13.5. The number of ether oxygens (including phenoxy) is 1. The molecule has 0 saturated carbocycles. The van der Waals surface area contributed by atoms with Crippen LogP contribution in [0.3, 0.4) is 0 Å². The number of hydrogen-bond donors (Lipinski definition) is 0. The second-order valence-corrected chi connectivity index (χ2v) is 8.86. The van der Waals surface area contributed by atoms with Crippen LogP contribution in [0.4, 0.5) is 5.13 Å². The minimum Gasteiger partial charge on any atom is -0.457 e.